The smallest absolute Gasteiger partial charge is 0.180 e. The van der Waals surface area contributed by atoms with Crippen molar-refractivity contribution in [3.8, 4) is 22.4 Å². The number of hydrogen-bond donors (Lipinski definition) is 0. The van der Waals surface area contributed by atoms with Crippen LogP contribution in [0, 0.1) is 13.8 Å². The second kappa shape index (κ2) is 7.12. The molecule has 3 heterocycles. The molecule has 0 fully saturated rings. The number of nitrogens with zero attached hydrogens (tertiary/aromatic N) is 3. The Morgan fingerprint density at radius 2 is 1.55 bits per heavy atom. The van der Waals surface area contributed by atoms with Gasteiger partial charge in [0.2, 0.25) is 0 Å². The van der Waals surface area contributed by atoms with E-state index in [0.29, 0.717) is 4.90 Å². The number of aryl methyl sites for hydroxylation is 2. The van der Waals surface area contributed by atoms with Crippen molar-refractivity contribution in [2.45, 2.75) is 37.8 Å². The second-order valence-corrected chi connectivity index (χ2v) is 10.1. The fourth-order valence-corrected chi connectivity index (χ4v) is 4.41. The average molecular weight is 406 g/mol. The number of fused-ring (bicyclic) bond motifs is 1. The first-order valence-electron chi connectivity index (χ1n) is 9.52. The lowest BCUT2D eigenvalue weighted by atomic mass is 10.1. The van der Waals surface area contributed by atoms with E-state index in [1.54, 1.807) is 26.0 Å². The summed E-state index contributed by atoms with van der Waals surface area (Å²) in [7, 11) is -3.29. The van der Waals surface area contributed by atoms with E-state index in [1.165, 1.54) is 0 Å². The van der Waals surface area contributed by atoms with Gasteiger partial charge in [-0.05, 0) is 57.5 Å². The van der Waals surface area contributed by atoms with Crippen molar-refractivity contribution in [3.05, 3.63) is 72.3 Å². The summed E-state index contributed by atoms with van der Waals surface area (Å²) in [5.74, 6) is 0. The summed E-state index contributed by atoms with van der Waals surface area (Å²) in [6.45, 7) is 7.39. The Hall–Kier alpha value is -2.99. The molecule has 0 spiro atoms. The molecule has 0 N–H and O–H groups in total. The number of pyridine rings is 2. The van der Waals surface area contributed by atoms with Gasteiger partial charge in [-0.3, -0.25) is 9.38 Å². The van der Waals surface area contributed by atoms with E-state index < -0.39 is 15.1 Å². The second-order valence-electron chi connectivity index (χ2n) is 7.56. The Bertz CT molecular complexity index is 1290. The summed E-state index contributed by atoms with van der Waals surface area (Å²) in [6.07, 6.45) is 5.75. The van der Waals surface area contributed by atoms with Gasteiger partial charge in [0.05, 0.1) is 22.0 Å². The number of imidazole rings is 1. The minimum atomic E-state index is -3.29. The maximum Gasteiger partial charge on any atom is 0.180 e. The SMILES string of the molecule is Cc1ccc(-c2cc(C)c3ncc(-c4ccc(S(=O)(=O)C(C)C)cc4)n3c2)cn1. The Kier molecular flexibility index (Phi) is 4.74. The van der Waals surface area contributed by atoms with Crippen LogP contribution in [0.3, 0.4) is 0 Å². The van der Waals surface area contributed by atoms with Gasteiger partial charge in [-0.15, -0.1) is 0 Å². The third kappa shape index (κ3) is 3.44. The molecule has 0 unspecified atom stereocenters. The van der Waals surface area contributed by atoms with E-state index in [4.69, 9.17) is 0 Å². The highest BCUT2D eigenvalue weighted by Gasteiger charge is 2.19. The van der Waals surface area contributed by atoms with E-state index in [2.05, 4.69) is 32.7 Å². The zero-order valence-corrected chi connectivity index (χ0v) is 17.7. The first kappa shape index (κ1) is 19.3. The van der Waals surface area contributed by atoms with Crippen LogP contribution in [0.2, 0.25) is 0 Å². The van der Waals surface area contributed by atoms with E-state index >= 15 is 0 Å². The van der Waals surface area contributed by atoms with Crippen molar-refractivity contribution in [1.82, 2.24) is 14.4 Å². The minimum Gasteiger partial charge on any atom is -0.299 e. The third-order valence-corrected chi connectivity index (χ3v) is 7.30. The molecule has 4 rings (SSSR count). The fraction of sp³-hybridized carbons (Fsp3) is 0.217. The molecule has 1 aromatic carbocycles. The summed E-state index contributed by atoms with van der Waals surface area (Å²) < 4.78 is 26.8. The lowest BCUT2D eigenvalue weighted by molar-refractivity contribution is 0.587. The maximum atomic E-state index is 12.4. The molecule has 0 aliphatic rings. The zero-order chi connectivity index (χ0) is 20.8. The molecular weight excluding hydrogens is 382 g/mol. The molecule has 0 aliphatic carbocycles. The van der Waals surface area contributed by atoms with Gasteiger partial charge in [0.15, 0.2) is 9.84 Å². The largest absolute Gasteiger partial charge is 0.299 e. The van der Waals surface area contributed by atoms with Crippen molar-refractivity contribution < 1.29 is 8.42 Å². The summed E-state index contributed by atoms with van der Waals surface area (Å²) in [4.78, 5) is 9.31. The number of sulfone groups is 1. The molecule has 0 saturated heterocycles. The summed E-state index contributed by atoms with van der Waals surface area (Å²) in [5.41, 5.74) is 6.85. The molecule has 0 atom stereocenters. The molecule has 0 aliphatic heterocycles. The Labute approximate surface area is 171 Å². The van der Waals surface area contributed by atoms with Crippen LogP contribution >= 0.6 is 0 Å². The van der Waals surface area contributed by atoms with Crippen molar-refractivity contribution >= 4 is 15.5 Å². The third-order valence-electron chi connectivity index (χ3n) is 5.13. The van der Waals surface area contributed by atoms with Crippen LogP contribution in [0.4, 0.5) is 0 Å². The number of hydrogen-bond acceptors (Lipinski definition) is 4. The molecule has 0 amide bonds. The van der Waals surface area contributed by atoms with Crippen molar-refractivity contribution in [3.63, 3.8) is 0 Å². The van der Waals surface area contributed by atoms with E-state index in [0.717, 1.165) is 39.3 Å². The molecule has 3 aromatic heterocycles. The molecule has 5 nitrogen and oxygen atoms in total. The molecule has 0 saturated carbocycles. The fourth-order valence-electron chi connectivity index (χ4n) is 3.36. The van der Waals surface area contributed by atoms with Gasteiger partial charge in [0.25, 0.3) is 0 Å². The normalized spacial score (nSPS) is 12.0. The van der Waals surface area contributed by atoms with Gasteiger partial charge in [0, 0.05) is 34.8 Å². The first-order valence-corrected chi connectivity index (χ1v) is 11.1. The Balaban J connectivity index is 1.81. The van der Waals surface area contributed by atoms with Gasteiger partial charge in [0.1, 0.15) is 5.65 Å². The molecule has 4 aromatic rings. The standard InChI is InChI=1S/C23H23N3O2S/c1-15(2)29(27,28)21-9-7-18(8-10-21)22-13-25-23-16(3)11-20(14-26(22)23)19-6-5-17(4)24-12-19/h5-15H,1-4H3. The number of aromatic nitrogens is 3. The van der Waals surface area contributed by atoms with Gasteiger partial charge in [-0.1, -0.05) is 18.2 Å². The molecule has 6 heteroatoms. The average Bonchev–Trinajstić information content (AvgIpc) is 3.13. The van der Waals surface area contributed by atoms with E-state index in [9.17, 15) is 8.42 Å². The summed E-state index contributed by atoms with van der Waals surface area (Å²) in [6, 6.07) is 13.2. The predicted octanol–water partition coefficient (Wildman–Crippen LogP) is 4.86. The lowest BCUT2D eigenvalue weighted by Crippen LogP contribution is -2.13. The van der Waals surface area contributed by atoms with Crippen LogP contribution in [0.1, 0.15) is 25.1 Å². The van der Waals surface area contributed by atoms with Crippen LogP contribution < -0.4 is 0 Å². The quantitative estimate of drug-likeness (QED) is 0.486. The predicted molar refractivity (Wildman–Crippen MR) is 116 cm³/mol. The number of rotatable bonds is 4. The van der Waals surface area contributed by atoms with Gasteiger partial charge in [-0.25, -0.2) is 13.4 Å². The van der Waals surface area contributed by atoms with Crippen LogP contribution in [0.15, 0.2) is 66.0 Å². The topological polar surface area (TPSA) is 64.3 Å². The van der Waals surface area contributed by atoms with E-state index in [1.807, 2.05) is 44.4 Å². The lowest BCUT2D eigenvalue weighted by Gasteiger charge is -2.10. The van der Waals surface area contributed by atoms with E-state index in [-0.39, 0.29) is 0 Å². The highest BCUT2D eigenvalue weighted by Crippen LogP contribution is 2.28. The van der Waals surface area contributed by atoms with Crippen LogP contribution in [0.5, 0.6) is 0 Å². The van der Waals surface area contributed by atoms with Gasteiger partial charge >= 0.3 is 0 Å². The van der Waals surface area contributed by atoms with Gasteiger partial charge in [-0.2, -0.15) is 0 Å². The molecule has 148 valence electrons. The van der Waals surface area contributed by atoms with Gasteiger partial charge < -0.3 is 0 Å². The van der Waals surface area contributed by atoms with Crippen molar-refractivity contribution in [2.24, 2.45) is 0 Å². The monoisotopic (exact) mass is 405 g/mol. The summed E-state index contributed by atoms with van der Waals surface area (Å²) in [5, 5.41) is -0.447. The Morgan fingerprint density at radius 3 is 2.17 bits per heavy atom. The first-order chi connectivity index (χ1) is 13.8. The zero-order valence-electron chi connectivity index (χ0n) is 16.9. The highest BCUT2D eigenvalue weighted by molar-refractivity contribution is 7.92. The minimum absolute atomic E-state index is 0.340. The van der Waals surface area contributed by atoms with Crippen molar-refractivity contribution in [1.29, 1.82) is 0 Å². The van der Waals surface area contributed by atoms with Crippen molar-refractivity contribution in [2.75, 3.05) is 0 Å². The molecule has 0 bridgehead atoms. The maximum absolute atomic E-state index is 12.4. The van der Waals surface area contributed by atoms with Crippen LogP contribution in [-0.4, -0.2) is 28.0 Å². The van der Waals surface area contributed by atoms with Crippen LogP contribution in [0.25, 0.3) is 28.0 Å². The highest BCUT2D eigenvalue weighted by atomic mass is 32.2. The summed E-state index contributed by atoms with van der Waals surface area (Å²) >= 11 is 0. The Morgan fingerprint density at radius 1 is 0.862 bits per heavy atom. The molecule has 0 radical (unpaired) electrons. The molecule has 29 heavy (non-hydrogen) atoms. The number of benzene rings is 1. The molecular formula is C23H23N3O2S. The van der Waals surface area contributed by atoms with Crippen LogP contribution in [-0.2, 0) is 9.84 Å².